The molecule has 2 atom stereocenters. The molecule has 0 bridgehead atoms. The summed E-state index contributed by atoms with van der Waals surface area (Å²) in [5.41, 5.74) is 0. The van der Waals surface area contributed by atoms with E-state index in [1.807, 2.05) is 21.1 Å². The highest BCUT2D eigenvalue weighted by molar-refractivity contribution is 7.45. The Morgan fingerprint density at radius 1 is 0.554 bits per heavy atom. The summed E-state index contributed by atoms with van der Waals surface area (Å²) in [6, 6.07) is 0. The topological polar surface area (TPSA) is 94.1 Å². The summed E-state index contributed by atoms with van der Waals surface area (Å²) in [6.45, 7) is 5.41. The first-order valence-corrected chi connectivity index (χ1v) is 25.0. The van der Waals surface area contributed by atoms with Gasteiger partial charge in [0, 0.05) is 13.0 Å². The Morgan fingerprint density at radius 3 is 1.48 bits per heavy atom. The number of unbranched alkanes of at least 4 members (excludes halogenated alkanes) is 26. The maximum Gasteiger partial charge on any atom is 0.306 e. The predicted octanol–water partition coefficient (Wildman–Crippen LogP) is 13.4. The van der Waals surface area contributed by atoms with E-state index in [9.17, 15) is 14.3 Å². The number of allylic oxidation sites excluding steroid dienone is 4. The lowest BCUT2D eigenvalue weighted by molar-refractivity contribution is -0.870. The van der Waals surface area contributed by atoms with Gasteiger partial charge in [-0.05, 0) is 44.9 Å². The number of carbonyl (C=O) groups excluding carboxylic acids is 1. The smallest absolute Gasteiger partial charge is 0.306 e. The van der Waals surface area contributed by atoms with Crippen LogP contribution in [-0.4, -0.2) is 70.7 Å². The minimum absolute atomic E-state index is 0.0270. The van der Waals surface area contributed by atoms with E-state index < -0.39 is 13.9 Å². The first-order valence-electron chi connectivity index (χ1n) is 23.6. The summed E-state index contributed by atoms with van der Waals surface area (Å²) in [5, 5.41) is 0. The van der Waals surface area contributed by atoms with Crippen molar-refractivity contribution in [2.45, 2.75) is 219 Å². The molecule has 0 saturated heterocycles. The van der Waals surface area contributed by atoms with Crippen molar-refractivity contribution in [3.8, 4) is 0 Å². The minimum Gasteiger partial charge on any atom is -0.756 e. The molecule has 0 aliphatic carbocycles. The van der Waals surface area contributed by atoms with E-state index in [0.29, 0.717) is 24.1 Å². The van der Waals surface area contributed by atoms with Crippen molar-refractivity contribution in [3.05, 3.63) is 24.3 Å². The number of rotatable bonds is 44. The SMILES string of the molecule is CCCCC/C=C\C/C=C\CCCCCCCCCCOCC(COP(=O)([O-])OCC[N+](C)(C)C)OC(=O)CCCCCCCCCCCCCCCCCC. The fourth-order valence-corrected chi connectivity index (χ4v) is 7.31. The standard InChI is InChI=1S/C47H92NO7P/c1-6-8-10-12-14-16-18-20-22-24-25-27-29-31-33-35-37-39-42-52-44-46(45-54-56(50,51)53-43-41-48(3,4)5)55-47(49)40-38-36-34-32-30-28-26-23-21-19-17-15-13-11-9-7-2/h14,16,20,22,46H,6-13,15,17-19,21,23-45H2,1-5H3/b16-14-,22-20-. The van der Waals surface area contributed by atoms with Crippen LogP contribution in [0.1, 0.15) is 213 Å². The number of quaternary nitrogens is 1. The van der Waals surface area contributed by atoms with Crippen LogP contribution in [0.3, 0.4) is 0 Å². The van der Waals surface area contributed by atoms with Crippen LogP contribution in [0.4, 0.5) is 0 Å². The molecule has 0 radical (unpaired) electrons. The molecule has 0 saturated carbocycles. The highest BCUT2D eigenvalue weighted by atomic mass is 31.2. The quantitative estimate of drug-likeness (QED) is 0.0199. The zero-order valence-electron chi connectivity index (χ0n) is 37.6. The van der Waals surface area contributed by atoms with Gasteiger partial charge in [0.05, 0.1) is 34.4 Å². The summed E-state index contributed by atoms with van der Waals surface area (Å²) in [5.74, 6) is -0.333. The number of ether oxygens (including phenoxy) is 2. The number of likely N-dealkylation sites (N-methyl/N-ethyl adjacent to an activating group) is 1. The van der Waals surface area contributed by atoms with Gasteiger partial charge in [0.1, 0.15) is 19.3 Å². The molecule has 0 aromatic heterocycles. The highest BCUT2D eigenvalue weighted by Gasteiger charge is 2.20. The number of hydrogen-bond donors (Lipinski definition) is 0. The number of nitrogens with zero attached hydrogens (tertiary/aromatic N) is 1. The van der Waals surface area contributed by atoms with Gasteiger partial charge in [-0.1, -0.05) is 186 Å². The summed E-state index contributed by atoms with van der Waals surface area (Å²) in [7, 11) is 1.36. The van der Waals surface area contributed by atoms with Gasteiger partial charge < -0.3 is 27.9 Å². The van der Waals surface area contributed by atoms with Gasteiger partial charge in [0.25, 0.3) is 7.82 Å². The van der Waals surface area contributed by atoms with Crippen molar-refractivity contribution in [1.29, 1.82) is 0 Å². The van der Waals surface area contributed by atoms with E-state index in [1.165, 1.54) is 154 Å². The van der Waals surface area contributed by atoms with E-state index in [-0.39, 0.29) is 25.8 Å². The normalized spacial score (nSPS) is 13.9. The highest BCUT2D eigenvalue weighted by Crippen LogP contribution is 2.38. The maximum atomic E-state index is 12.7. The Hall–Kier alpha value is -1.02. The lowest BCUT2D eigenvalue weighted by Crippen LogP contribution is -2.37. The van der Waals surface area contributed by atoms with Crippen LogP contribution in [-0.2, 0) is 27.9 Å². The fraction of sp³-hybridized carbons (Fsp3) is 0.894. The molecule has 0 heterocycles. The van der Waals surface area contributed by atoms with E-state index in [2.05, 4.69) is 38.2 Å². The molecule has 0 aliphatic heterocycles. The van der Waals surface area contributed by atoms with Crippen molar-refractivity contribution in [3.63, 3.8) is 0 Å². The molecular formula is C47H92NO7P. The fourth-order valence-electron chi connectivity index (χ4n) is 6.58. The molecular weight excluding hydrogens is 721 g/mol. The first kappa shape index (κ1) is 55.0. The first-order chi connectivity index (χ1) is 27.1. The molecule has 332 valence electrons. The van der Waals surface area contributed by atoms with Crippen molar-refractivity contribution in [1.82, 2.24) is 0 Å². The number of phosphoric acid groups is 1. The van der Waals surface area contributed by atoms with E-state index in [1.54, 1.807) is 0 Å². The van der Waals surface area contributed by atoms with Gasteiger partial charge in [0.2, 0.25) is 0 Å². The van der Waals surface area contributed by atoms with Crippen molar-refractivity contribution in [2.24, 2.45) is 0 Å². The van der Waals surface area contributed by atoms with Gasteiger partial charge in [-0.25, -0.2) is 0 Å². The lowest BCUT2D eigenvalue weighted by Gasteiger charge is -2.28. The average Bonchev–Trinajstić information content (AvgIpc) is 3.15. The molecule has 0 aromatic carbocycles. The molecule has 9 heteroatoms. The van der Waals surface area contributed by atoms with Crippen LogP contribution in [0.25, 0.3) is 0 Å². The van der Waals surface area contributed by atoms with Crippen LogP contribution in [0, 0.1) is 0 Å². The number of phosphoric ester groups is 1. The molecule has 0 aromatic rings. The summed E-state index contributed by atoms with van der Waals surface area (Å²) in [6.07, 6.45) is 46.1. The molecule has 0 spiro atoms. The monoisotopic (exact) mass is 814 g/mol. The molecule has 8 nitrogen and oxygen atoms in total. The molecule has 0 amide bonds. The van der Waals surface area contributed by atoms with Crippen LogP contribution >= 0.6 is 7.82 Å². The zero-order chi connectivity index (χ0) is 41.3. The van der Waals surface area contributed by atoms with Gasteiger partial charge in [0.15, 0.2) is 0 Å². The van der Waals surface area contributed by atoms with Gasteiger partial charge in [-0.3, -0.25) is 9.36 Å². The molecule has 2 unspecified atom stereocenters. The second-order valence-electron chi connectivity index (χ2n) is 17.1. The second kappa shape index (κ2) is 40.7. The van der Waals surface area contributed by atoms with Gasteiger partial charge >= 0.3 is 5.97 Å². The van der Waals surface area contributed by atoms with Gasteiger partial charge in [-0.15, -0.1) is 0 Å². The van der Waals surface area contributed by atoms with Gasteiger partial charge in [-0.2, -0.15) is 0 Å². The Balaban J connectivity index is 4.18. The average molecular weight is 814 g/mol. The Bertz CT molecular complexity index is 951. The Labute approximate surface area is 347 Å². The second-order valence-corrected chi connectivity index (χ2v) is 18.5. The molecule has 0 aliphatic rings. The van der Waals surface area contributed by atoms with Crippen LogP contribution < -0.4 is 4.89 Å². The predicted molar refractivity (Wildman–Crippen MR) is 236 cm³/mol. The third-order valence-electron chi connectivity index (χ3n) is 10.3. The lowest BCUT2D eigenvalue weighted by atomic mass is 10.0. The molecule has 0 fully saturated rings. The Morgan fingerprint density at radius 2 is 0.982 bits per heavy atom. The number of esters is 1. The third kappa shape index (κ3) is 44.1. The summed E-state index contributed by atoms with van der Waals surface area (Å²) < 4.78 is 34.7. The van der Waals surface area contributed by atoms with Crippen molar-refractivity contribution < 1.29 is 37.3 Å². The Kier molecular flexibility index (Phi) is 40.0. The van der Waals surface area contributed by atoms with E-state index >= 15 is 0 Å². The largest absolute Gasteiger partial charge is 0.756 e. The summed E-state index contributed by atoms with van der Waals surface area (Å²) in [4.78, 5) is 25.1. The molecule has 0 N–H and O–H groups in total. The summed E-state index contributed by atoms with van der Waals surface area (Å²) >= 11 is 0. The van der Waals surface area contributed by atoms with E-state index in [0.717, 1.165) is 38.5 Å². The van der Waals surface area contributed by atoms with Crippen molar-refractivity contribution >= 4 is 13.8 Å². The number of hydrogen-bond acceptors (Lipinski definition) is 7. The van der Waals surface area contributed by atoms with Crippen molar-refractivity contribution in [2.75, 3.05) is 54.1 Å². The zero-order valence-corrected chi connectivity index (χ0v) is 38.5. The van der Waals surface area contributed by atoms with Crippen LogP contribution in [0.5, 0.6) is 0 Å². The van der Waals surface area contributed by atoms with Crippen LogP contribution in [0.2, 0.25) is 0 Å². The van der Waals surface area contributed by atoms with Crippen LogP contribution in [0.15, 0.2) is 24.3 Å². The van der Waals surface area contributed by atoms with E-state index in [4.69, 9.17) is 18.5 Å². The molecule has 0 rings (SSSR count). The third-order valence-corrected chi connectivity index (χ3v) is 11.2. The number of carbonyl (C=O) groups is 1. The molecule has 56 heavy (non-hydrogen) atoms. The maximum absolute atomic E-state index is 12.7. The minimum atomic E-state index is -4.52.